The molecule has 0 saturated heterocycles. The molecule has 0 amide bonds. The standard InChI is InChI=1S/C13H16ClNO2/c1-9(2)12(13(16)17-3)15-8-10-4-6-11(14)7-5-10/h4-9,12H,1-3H3/t12-/m0/s1. The van der Waals surface area contributed by atoms with Crippen LogP contribution >= 0.6 is 11.6 Å². The van der Waals surface area contributed by atoms with Crippen molar-refractivity contribution in [3.05, 3.63) is 34.9 Å². The molecule has 92 valence electrons. The predicted molar refractivity (Wildman–Crippen MR) is 69.7 cm³/mol. The van der Waals surface area contributed by atoms with Crippen molar-refractivity contribution in [1.29, 1.82) is 0 Å². The van der Waals surface area contributed by atoms with Crippen LogP contribution in [-0.4, -0.2) is 25.3 Å². The fourth-order valence-corrected chi connectivity index (χ4v) is 1.47. The highest BCUT2D eigenvalue weighted by atomic mass is 35.5. The maximum atomic E-state index is 11.5. The third-order valence-electron chi connectivity index (χ3n) is 2.33. The second-order valence-electron chi connectivity index (χ2n) is 4.04. The van der Waals surface area contributed by atoms with Gasteiger partial charge in [0.1, 0.15) is 6.04 Å². The van der Waals surface area contributed by atoms with Gasteiger partial charge in [0.25, 0.3) is 0 Å². The Balaban J connectivity index is 2.79. The fourth-order valence-electron chi connectivity index (χ4n) is 1.34. The molecule has 1 rings (SSSR count). The number of rotatable bonds is 4. The monoisotopic (exact) mass is 253 g/mol. The highest BCUT2D eigenvalue weighted by Crippen LogP contribution is 2.11. The SMILES string of the molecule is COC(=O)[C@@H](N=Cc1ccc(Cl)cc1)C(C)C. The Morgan fingerprint density at radius 3 is 2.41 bits per heavy atom. The molecule has 0 aliphatic heterocycles. The number of hydrogen-bond donors (Lipinski definition) is 0. The van der Waals surface area contributed by atoms with E-state index in [2.05, 4.69) is 4.99 Å². The molecule has 0 aliphatic carbocycles. The molecule has 4 heteroatoms. The van der Waals surface area contributed by atoms with Crippen LogP contribution in [0.2, 0.25) is 5.02 Å². The van der Waals surface area contributed by atoms with Crippen molar-refractivity contribution in [2.45, 2.75) is 19.9 Å². The van der Waals surface area contributed by atoms with Gasteiger partial charge in [0.05, 0.1) is 7.11 Å². The molecular weight excluding hydrogens is 238 g/mol. The molecule has 0 fully saturated rings. The number of ether oxygens (including phenoxy) is 1. The number of benzene rings is 1. The first-order valence-electron chi connectivity index (χ1n) is 5.41. The van der Waals surface area contributed by atoms with E-state index in [1.165, 1.54) is 7.11 Å². The summed E-state index contributed by atoms with van der Waals surface area (Å²) in [6.45, 7) is 3.86. The van der Waals surface area contributed by atoms with Crippen LogP contribution in [0.3, 0.4) is 0 Å². The van der Waals surface area contributed by atoms with Gasteiger partial charge in [-0.15, -0.1) is 0 Å². The van der Waals surface area contributed by atoms with Crippen LogP contribution in [0.5, 0.6) is 0 Å². The van der Waals surface area contributed by atoms with Gasteiger partial charge < -0.3 is 4.74 Å². The minimum atomic E-state index is -0.462. The van der Waals surface area contributed by atoms with Gasteiger partial charge in [-0.2, -0.15) is 0 Å². The molecule has 0 N–H and O–H groups in total. The number of nitrogens with zero attached hydrogens (tertiary/aromatic N) is 1. The molecule has 0 bridgehead atoms. The first kappa shape index (κ1) is 13.7. The average molecular weight is 254 g/mol. The smallest absolute Gasteiger partial charge is 0.330 e. The van der Waals surface area contributed by atoms with Crippen LogP contribution in [0, 0.1) is 5.92 Å². The second-order valence-corrected chi connectivity index (χ2v) is 4.48. The summed E-state index contributed by atoms with van der Waals surface area (Å²) < 4.78 is 4.71. The molecule has 17 heavy (non-hydrogen) atoms. The highest BCUT2D eigenvalue weighted by Gasteiger charge is 2.20. The quantitative estimate of drug-likeness (QED) is 0.611. The predicted octanol–water partition coefficient (Wildman–Crippen LogP) is 2.96. The van der Waals surface area contributed by atoms with Crippen molar-refractivity contribution in [2.75, 3.05) is 7.11 Å². The summed E-state index contributed by atoms with van der Waals surface area (Å²) in [6.07, 6.45) is 1.66. The molecule has 0 unspecified atom stereocenters. The number of esters is 1. The van der Waals surface area contributed by atoms with E-state index in [-0.39, 0.29) is 11.9 Å². The van der Waals surface area contributed by atoms with Crippen molar-refractivity contribution in [2.24, 2.45) is 10.9 Å². The third kappa shape index (κ3) is 4.19. The van der Waals surface area contributed by atoms with E-state index in [1.54, 1.807) is 18.3 Å². The summed E-state index contributed by atoms with van der Waals surface area (Å²) in [5, 5.41) is 0.676. The molecule has 0 heterocycles. The second kappa shape index (κ2) is 6.40. The minimum absolute atomic E-state index is 0.103. The largest absolute Gasteiger partial charge is 0.467 e. The molecule has 0 spiro atoms. The normalized spacial score (nSPS) is 13.0. The van der Waals surface area contributed by atoms with E-state index < -0.39 is 6.04 Å². The summed E-state index contributed by atoms with van der Waals surface area (Å²) >= 11 is 5.78. The van der Waals surface area contributed by atoms with Crippen LogP contribution in [0.1, 0.15) is 19.4 Å². The molecule has 1 aromatic carbocycles. The Bertz CT molecular complexity index is 398. The summed E-state index contributed by atoms with van der Waals surface area (Å²) in [5.41, 5.74) is 0.906. The van der Waals surface area contributed by atoms with Crippen LogP contribution < -0.4 is 0 Å². The van der Waals surface area contributed by atoms with E-state index >= 15 is 0 Å². The van der Waals surface area contributed by atoms with Crippen LogP contribution in [0.25, 0.3) is 0 Å². The maximum absolute atomic E-state index is 11.5. The minimum Gasteiger partial charge on any atom is -0.467 e. The Morgan fingerprint density at radius 1 is 1.35 bits per heavy atom. The lowest BCUT2D eigenvalue weighted by Crippen LogP contribution is -2.25. The number of hydrogen-bond acceptors (Lipinski definition) is 3. The van der Waals surface area contributed by atoms with E-state index in [4.69, 9.17) is 16.3 Å². The van der Waals surface area contributed by atoms with Gasteiger partial charge >= 0.3 is 5.97 Å². The Labute approximate surface area is 106 Å². The van der Waals surface area contributed by atoms with Crippen LogP contribution in [-0.2, 0) is 9.53 Å². The zero-order chi connectivity index (χ0) is 12.8. The summed E-state index contributed by atoms with van der Waals surface area (Å²) in [4.78, 5) is 15.7. The molecule has 1 aromatic rings. The van der Waals surface area contributed by atoms with E-state index in [1.807, 2.05) is 26.0 Å². The van der Waals surface area contributed by atoms with E-state index in [0.29, 0.717) is 5.02 Å². The maximum Gasteiger partial charge on any atom is 0.330 e. The Kier molecular flexibility index (Phi) is 5.16. The van der Waals surface area contributed by atoms with Crippen LogP contribution in [0.15, 0.2) is 29.3 Å². The number of carbonyl (C=O) groups excluding carboxylic acids is 1. The topological polar surface area (TPSA) is 38.7 Å². The van der Waals surface area contributed by atoms with Gasteiger partial charge in [-0.25, -0.2) is 4.79 Å². The lowest BCUT2D eigenvalue weighted by molar-refractivity contribution is -0.143. The first-order valence-corrected chi connectivity index (χ1v) is 5.79. The van der Waals surface area contributed by atoms with Gasteiger partial charge in [-0.05, 0) is 23.6 Å². The van der Waals surface area contributed by atoms with Crippen molar-refractivity contribution in [1.82, 2.24) is 0 Å². The zero-order valence-corrected chi connectivity index (χ0v) is 10.9. The van der Waals surface area contributed by atoms with Crippen molar-refractivity contribution < 1.29 is 9.53 Å². The number of methoxy groups -OCH3 is 1. The van der Waals surface area contributed by atoms with Gasteiger partial charge in [0, 0.05) is 11.2 Å². The van der Waals surface area contributed by atoms with Gasteiger partial charge in [0.2, 0.25) is 0 Å². The molecule has 3 nitrogen and oxygen atoms in total. The Morgan fingerprint density at radius 2 is 1.94 bits per heavy atom. The van der Waals surface area contributed by atoms with Crippen molar-refractivity contribution >= 4 is 23.8 Å². The first-order chi connectivity index (χ1) is 8.04. The summed E-state index contributed by atoms with van der Waals surface area (Å²) in [5.74, 6) is -0.212. The molecule has 0 saturated carbocycles. The average Bonchev–Trinajstić information content (AvgIpc) is 2.31. The lowest BCUT2D eigenvalue weighted by atomic mass is 10.1. The Hall–Kier alpha value is -1.35. The van der Waals surface area contributed by atoms with Crippen molar-refractivity contribution in [3.8, 4) is 0 Å². The van der Waals surface area contributed by atoms with Gasteiger partial charge in [-0.1, -0.05) is 37.6 Å². The van der Waals surface area contributed by atoms with E-state index in [9.17, 15) is 4.79 Å². The highest BCUT2D eigenvalue weighted by molar-refractivity contribution is 6.30. The summed E-state index contributed by atoms with van der Waals surface area (Å²) in [6, 6.07) is 6.80. The van der Waals surface area contributed by atoms with Gasteiger partial charge in [0.15, 0.2) is 0 Å². The van der Waals surface area contributed by atoms with Gasteiger partial charge in [-0.3, -0.25) is 4.99 Å². The number of carbonyl (C=O) groups is 1. The molecule has 0 aliphatic rings. The molecule has 1 atom stereocenters. The van der Waals surface area contributed by atoms with Crippen molar-refractivity contribution in [3.63, 3.8) is 0 Å². The molecule has 0 radical (unpaired) electrons. The number of aliphatic imine (C=N–C) groups is 1. The number of halogens is 1. The van der Waals surface area contributed by atoms with E-state index in [0.717, 1.165) is 5.56 Å². The zero-order valence-electron chi connectivity index (χ0n) is 10.2. The molecule has 0 aromatic heterocycles. The lowest BCUT2D eigenvalue weighted by Gasteiger charge is -2.13. The van der Waals surface area contributed by atoms with Crippen LogP contribution in [0.4, 0.5) is 0 Å². The third-order valence-corrected chi connectivity index (χ3v) is 2.58. The fraction of sp³-hybridized carbons (Fsp3) is 0.385. The molecular formula is C13H16ClNO2. The summed E-state index contributed by atoms with van der Waals surface area (Å²) in [7, 11) is 1.37.